The predicted octanol–water partition coefficient (Wildman–Crippen LogP) is -1.24. The largest absolute Gasteiger partial charge is 1.00 e. The van der Waals surface area contributed by atoms with Gasteiger partial charge in [0, 0.05) is 0 Å². The first-order valence-electron chi connectivity index (χ1n) is 3.81. The van der Waals surface area contributed by atoms with Crippen molar-refractivity contribution in [1.29, 1.82) is 0 Å². The van der Waals surface area contributed by atoms with Gasteiger partial charge in [-0.2, -0.15) is 0 Å². The molecule has 0 aliphatic carbocycles. The van der Waals surface area contributed by atoms with Crippen LogP contribution in [0.5, 0.6) is 0 Å². The van der Waals surface area contributed by atoms with E-state index in [1.165, 1.54) is 0 Å². The molecule has 8 heteroatoms. The third-order valence-electron chi connectivity index (χ3n) is 1.88. The molecule has 0 aliphatic rings. The smallest absolute Gasteiger partial charge is 0.445 e. The molecule has 0 unspecified atom stereocenters. The number of aromatic nitrogens is 2. The van der Waals surface area contributed by atoms with Gasteiger partial charge in [-0.25, -0.2) is 9.37 Å². The molecular formula is C7H4BF4KN2. The summed E-state index contributed by atoms with van der Waals surface area (Å²) in [6, 6.07) is 1.31. The molecule has 74 valence electrons. The van der Waals surface area contributed by atoms with E-state index in [1.807, 2.05) is 0 Å². The maximum Gasteiger partial charge on any atom is 1.00 e. The van der Waals surface area contributed by atoms with Crippen molar-refractivity contribution >= 4 is 23.5 Å². The summed E-state index contributed by atoms with van der Waals surface area (Å²) in [6.07, 6.45) is 1.15. The summed E-state index contributed by atoms with van der Waals surface area (Å²) in [5, 5.41) is 0. The fourth-order valence-electron chi connectivity index (χ4n) is 1.22. The standard InChI is InChI=1S/C7H4BF4N2.K/c9-5-1-4(8(10,11)12)2-6-7(5)14-3-13-6;/h1-3H,(H,13,14);/q-1;+1. The van der Waals surface area contributed by atoms with E-state index < -0.39 is 18.3 Å². The van der Waals surface area contributed by atoms with Crippen LogP contribution in [0.3, 0.4) is 0 Å². The van der Waals surface area contributed by atoms with Gasteiger partial charge in [-0.1, -0.05) is 12.1 Å². The van der Waals surface area contributed by atoms with Gasteiger partial charge in [0.1, 0.15) is 11.3 Å². The monoisotopic (exact) mass is 242 g/mol. The quantitative estimate of drug-likeness (QED) is 0.492. The zero-order chi connectivity index (χ0) is 10.3. The van der Waals surface area contributed by atoms with Gasteiger partial charge in [0.15, 0.2) is 0 Å². The van der Waals surface area contributed by atoms with Gasteiger partial charge in [0.2, 0.25) is 0 Å². The topological polar surface area (TPSA) is 28.7 Å². The molecule has 1 heterocycles. The van der Waals surface area contributed by atoms with Crippen molar-refractivity contribution in [3.8, 4) is 0 Å². The van der Waals surface area contributed by atoms with Crippen molar-refractivity contribution in [1.82, 2.24) is 9.97 Å². The molecule has 0 saturated carbocycles. The second kappa shape index (κ2) is 4.54. The van der Waals surface area contributed by atoms with E-state index in [9.17, 15) is 17.3 Å². The molecule has 2 aromatic rings. The van der Waals surface area contributed by atoms with Gasteiger partial charge in [-0.05, 0) is 0 Å². The number of imidazole rings is 1. The number of hydrogen-bond donors (Lipinski definition) is 1. The summed E-state index contributed by atoms with van der Waals surface area (Å²) in [7, 11) is 0. The van der Waals surface area contributed by atoms with Crippen molar-refractivity contribution in [3.05, 3.63) is 24.3 Å². The number of benzene rings is 1. The Morgan fingerprint density at radius 1 is 1.20 bits per heavy atom. The summed E-state index contributed by atoms with van der Waals surface area (Å²) >= 11 is 0. The predicted molar refractivity (Wildman–Crippen MR) is 44.8 cm³/mol. The summed E-state index contributed by atoms with van der Waals surface area (Å²) in [5.74, 6) is -0.960. The number of aromatic amines is 1. The Hall–Kier alpha value is 0.111. The van der Waals surface area contributed by atoms with E-state index in [4.69, 9.17) is 0 Å². The van der Waals surface area contributed by atoms with E-state index in [1.54, 1.807) is 0 Å². The van der Waals surface area contributed by atoms with Crippen molar-refractivity contribution in [2.75, 3.05) is 0 Å². The first-order chi connectivity index (χ1) is 6.48. The Bertz CT molecular complexity index is 481. The van der Waals surface area contributed by atoms with Crippen LogP contribution in [0.4, 0.5) is 17.3 Å². The van der Waals surface area contributed by atoms with Crippen LogP contribution in [0.1, 0.15) is 0 Å². The second-order valence-electron chi connectivity index (χ2n) is 2.88. The number of rotatable bonds is 1. The molecule has 1 aromatic heterocycles. The van der Waals surface area contributed by atoms with Crippen molar-refractivity contribution in [2.45, 2.75) is 0 Å². The molecule has 0 atom stereocenters. The van der Waals surface area contributed by atoms with E-state index >= 15 is 0 Å². The van der Waals surface area contributed by atoms with Crippen LogP contribution < -0.4 is 56.8 Å². The first kappa shape index (κ1) is 13.2. The van der Waals surface area contributed by atoms with Crippen molar-refractivity contribution in [3.63, 3.8) is 0 Å². The minimum atomic E-state index is -5.17. The van der Waals surface area contributed by atoms with Gasteiger partial charge in [-0.3, -0.25) is 0 Å². The van der Waals surface area contributed by atoms with Gasteiger partial charge >= 0.3 is 58.4 Å². The average molecular weight is 242 g/mol. The van der Waals surface area contributed by atoms with E-state index in [0.29, 0.717) is 6.07 Å². The van der Waals surface area contributed by atoms with Crippen LogP contribution in [0, 0.1) is 5.82 Å². The molecule has 2 rings (SSSR count). The molecule has 1 aromatic carbocycles. The molecule has 1 N–H and O–H groups in total. The number of nitrogens with one attached hydrogen (secondary N) is 1. The molecule has 0 radical (unpaired) electrons. The SMILES string of the molecule is Fc1cc([B-](F)(F)F)cc2[nH]cnc12.[K+]. The number of halogens is 4. The Labute approximate surface area is 125 Å². The molecule has 0 aliphatic heterocycles. The van der Waals surface area contributed by atoms with E-state index in [2.05, 4.69) is 9.97 Å². The Kier molecular flexibility index (Phi) is 3.99. The average Bonchev–Trinajstić information content (AvgIpc) is 2.50. The van der Waals surface area contributed by atoms with Crippen molar-refractivity contribution < 1.29 is 68.7 Å². The number of H-pyrrole nitrogens is 1. The summed E-state index contributed by atoms with van der Waals surface area (Å²) in [5.41, 5.74) is -0.979. The molecule has 0 fully saturated rings. The molecule has 0 saturated heterocycles. The molecular weight excluding hydrogens is 238 g/mol. The molecule has 0 spiro atoms. The summed E-state index contributed by atoms with van der Waals surface area (Å²) in [4.78, 5) is 5.98. The van der Waals surface area contributed by atoms with Crippen LogP contribution in [-0.2, 0) is 0 Å². The molecule has 2 nitrogen and oxygen atoms in total. The van der Waals surface area contributed by atoms with Gasteiger partial charge < -0.3 is 17.9 Å². The van der Waals surface area contributed by atoms with Gasteiger partial charge in [-0.15, -0.1) is 5.46 Å². The third kappa shape index (κ3) is 2.62. The molecule has 0 amide bonds. The van der Waals surface area contributed by atoms with Crippen molar-refractivity contribution in [2.24, 2.45) is 0 Å². The summed E-state index contributed by atoms with van der Waals surface area (Å²) in [6.45, 7) is -5.17. The van der Waals surface area contributed by atoms with Gasteiger partial charge in [0.25, 0.3) is 0 Å². The maximum atomic E-state index is 13.0. The maximum absolute atomic E-state index is 13.0. The van der Waals surface area contributed by atoms with E-state index in [-0.39, 0.29) is 62.4 Å². The minimum Gasteiger partial charge on any atom is -0.445 e. The van der Waals surface area contributed by atoms with Crippen LogP contribution in [0.25, 0.3) is 11.0 Å². The normalized spacial score (nSPS) is 11.5. The van der Waals surface area contributed by atoms with E-state index in [0.717, 1.165) is 12.4 Å². The molecule has 0 bridgehead atoms. The fourth-order valence-corrected chi connectivity index (χ4v) is 1.22. The summed E-state index contributed by atoms with van der Waals surface area (Å²) < 4.78 is 49.8. The van der Waals surface area contributed by atoms with Crippen LogP contribution in [-0.4, -0.2) is 16.9 Å². The Morgan fingerprint density at radius 2 is 1.87 bits per heavy atom. The Balaban J connectivity index is 0.00000112. The first-order valence-corrected chi connectivity index (χ1v) is 3.81. The molecule has 15 heavy (non-hydrogen) atoms. The number of hydrogen-bond acceptors (Lipinski definition) is 1. The van der Waals surface area contributed by atoms with Crippen LogP contribution >= 0.6 is 0 Å². The third-order valence-corrected chi connectivity index (χ3v) is 1.88. The fraction of sp³-hybridized carbons (Fsp3) is 0. The van der Waals surface area contributed by atoms with Gasteiger partial charge in [0.05, 0.1) is 11.8 Å². The van der Waals surface area contributed by atoms with Crippen LogP contribution in [0.2, 0.25) is 0 Å². The Morgan fingerprint density at radius 3 is 2.47 bits per heavy atom. The second-order valence-corrected chi connectivity index (χ2v) is 2.88. The van der Waals surface area contributed by atoms with Crippen LogP contribution in [0.15, 0.2) is 18.5 Å². The number of fused-ring (bicyclic) bond motifs is 1. The number of nitrogens with zero attached hydrogens (tertiary/aromatic N) is 1. The zero-order valence-electron chi connectivity index (χ0n) is 7.77. The minimum absolute atomic E-state index is 0. The zero-order valence-corrected chi connectivity index (χ0v) is 10.9.